The first-order chi connectivity index (χ1) is 14.5. The van der Waals surface area contributed by atoms with Gasteiger partial charge in [0.1, 0.15) is 0 Å². The molecule has 0 aliphatic carbocycles. The number of rotatable bonds is 5. The second-order valence-electron chi connectivity index (χ2n) is 7.51. The first-order valence-corrected chi connectivity index (χ1v) is 11.1. The Kier molecular flexibility index (Phi) is 6.18. The average molecular weight is 469 g/mol. The predicted molar refractivity (Wildman–Crippen MR) is 123 cm³/mol. The Balaban J connectivity index is 1.55. The van der Waals surface area contributed by atoms with Crippen LogP contribution in [0.25, 0.3) is 11.0 Å². The summed E-state index contributed by atoms with van der Waals surface area (Å²) in [5.41, 5.74) is 3.54. The lowest BCUT2D eigenvalue weighted by molar-refractivity contribution is -0.120. The first kappa shape index (κ1) is 20.6. The van der Waals surface area contributed by atoms with Crippen LogP contribution in [0.3, 0.4) is 0 Å². The molecule has 1 atom stereocenters. The zero-order chi connectivity index (χ0) is 21.1. The average Bonchev–Trinajstić information content (AvgIpc) is 2.76. The van der Waals surface area contributed by atoms with E-state index in [1.165, 1.54) is 0 Å². The fourth-order valence-electron chi connectivity index (χ4n) is 3.76. The minimum absolute atomic E-state index is 0.0353. The van der Waals surface area contributed by atoms with E-state index in [0.29, 0.717) is 24.8 Å². The predicted octanol–water partition coefficient (Wildman–Crippen LogP) is 4.95. The smallest absolute Gasteiger partial charge is 0.258 e. The van der Waals surface area contributed by atoms with Gasteiger partial charge in [-0.25, -0.2) is 9.97 Å². The van der Waals surface area contributed by atoms with E-state index < -0.39 is 0 Å². The topological polar surface area (TPSA) is 67.4 Å². The minimum Gasteiger partial charge on any atom is -0.475 e. The summed E-state index contributed by atoms with van der Waals surface area (Å²) in [6.07, 6.45) is 1.76. The third-order valence-corrected chi connectivity index (χ3v) is 6.21. The molecule has 1 N–H and O–H groups in total. The van der Waals surface area contributed by atoms with Crippen molar-refractivity contribution >= 4 is 44.4 Å². The Morgan fingerprint density at radius 1 is 1.23 bits per heavy atom. The minimum atomic E-state index is -0.120. The highest BCUT2D eigenvalue weighted by molar-refractivity contribution is 9.10. The molecule has 2 heterocycles. The molecule has 1 aliphatic rings. The van der Waals surface area contributed by atoms with Crippen LogP contribution in [0.2, 0.25) is 0 Å². The number of anilines is 2. The molecule has 0 unspecified atom stereocenters. The maximum absolute atomic E-state index is 12.9. The van der Waals surface area contributed by atoms with Crippen LogP contribution in [0, 0.1) is 12.8 Å². The van der Waals surface area contributed by atoms with Crippen LogP contribution in [0.5, 0.6) is 5.88 Å². The molecule has 0 saturated carbocycles. The van der Waals surface area contributed by atoms with E-state index in [0.717, 1.165) is 46.1 Å². The molecule has 2 aromatic carbocycles. The lowest BCUT2D eigenvalue weighted by Crippen LogP contribution is -2.41. The number of amides is 1. The molecule has 0 spiro atoms. The van der Waals surface area contributed by atoms with Crippen LogP contribution in [-0.4, -0.2) is 35.6 Å². The van der Waals surface area contributed by atoms with E-state index in [2.05, 4.69) is 31.1 Å². The molecule has 1 saturated heterocycles. The maximum atomic E-state index is 12.9. The Morgan fingerprint density at radius 3 is 2.73 bits per heavy atom. The summed E-state index contributed by atoms with van der Waals surface area (Å²) in [5.74, 6) is 1.16. The van der Waals surface area contributed by atoms with Crippen LogP contribution >= 0.6 is 15.9 Å². The van der Waals surface area contributed by atoms with Crippen molar-refractivity contribution in [2.24, 2.45) is 5.92 Å². The normalized spacial score (nSPS) is 16.5. The van der Waals surface area contributed by atoms with E-state index in [1.54, 1.807) is 0 Å². The number of nitrogens with zero attached hydrogens (tertiary/aromatic N) is 3. The van der Waals surface area contributed by atoms with Crippen molar-refractivity contribution in [3.05, 3.63) is 52.5 Å². The molecule has 0 radical (unpaired) electrons. The summed E-state index contributed by atoms with van der Waals surface area (Å²) in [6.45, 7) is 5.88. The highest BCUT2D eigenvalue weighted by Gasteiger charge is 2.29. The van der Waals surface area contributed by atoms with Gasteiger partial charge in [-0.05, 0) is 62.6 Å². The highest BCUT2D eigenvalue weighted by Crippen LogP contribution is 2.31. The molecule has 1 aromatic heterocycles. The number of carbonyl (C=O) groups excluding carboxylic acids is 1. The second-order valence-corrected chi connectivity index (χ2v) is 8.37. The molecule has 1 amide bonds. The van der Waals surface area contributed by atoms with Crippen molar-refractivity contribution in [2.45, 2.75) is 26.7 Å². The molecule has 6 nitrogen and oxygen atoms in total. The van der Waals surface area contributed by atoms with Crippen LogP contribution in [0.4, 0.5) is 11.5 Å². The quantitative estimate of drug-likeness (QED) is 0.573. The van der Waals surface area contributed by atoms with E-state index in [9.17, 15) is 4.79 Å². The molecule has 7 heteroatoms. The summed E-state index contributed by atoms with van der Waals surface area (Å²) in [4.78, 5) is 24.6. The van der Waals surface area contributed by atoms with Crippen molar-refractivity contribution in [3.63, 3.8) is 0 Å². The monoisotopic (exact) mass is 468 g/mol. The van der Waals surface area contributed by atoms with Crippen LogP contribution in [0.15, 0.2) is 46.9 Å². The molecule has 1 fully saturated rings. The molecule has 4 rings (SSSR count). The standard InChI is InChI=1S/C23H25BrN4O2/c1-3-30-23-21(26-19-8-4-5-9-20(19)27-23)28-12-6-7-16(14-28)22(29)25-17-10-11-18(24)15(2)13-17/h4-5,8-11,13,16H,3,6-7,12,14H2,1-2H3,(H,25,29)/t16-/m1/s1. The number of aromatic nitrogens is 2. The van der Waals surface area contributed by atoms with Gasteiger partial charge in [0.15, 0.2) is 5.82 Å². The Morgan fingerprint density at radius 2 is 2.00 bits per heavy atom. The third kappa shape index (κ3) is 4.41. The maximum Gasteiger partial charge on any atom is 0.258 e. The van der Waals surface area contributed by atoms with Gasteiger partial charge in [0, 0.05) is 23.2 Å². The summed E-state index contributed by atoms with van der Waals surface area (Å²) in [5, 5.41) is 3.07. The molecule has 30 heavy (non-hydrogen) atoms. The number of nitrogens with one attached hydrogen (secondary N) is 1. The van der Waals surface area contributed by atoms with E-state index in [-0.39, 0.29) is 11.8 Å². The number of halogens is 1. The van der Waals surface area contributed by atoms with Crippen LogP contribution in [0.1, 0.15) is 25.3 Å². The van der Waals surface area contributed by atoms with Gasteiger partial charge in [-0.15, -0.1) is 0 Å². The van der Waals surface area contributed by atoms with Gasteiger partial charge in [-0.1, -0.05) is 28.1 Å². The van der Waals surface area contributed by atoms with E-state index in [1.807, 2.05) is 56.3 Å². The largest absolute Gasteiger partial charge is 0.475 e. The van der Waals surface area contributed by atoms with Crippen LogP contribution < -0.4 is 15.0 Å². The van der Waals surface area contributed by atoms with Gasteiger partial charge in [0.2, 0.25) is 5.91 Å². The number of aryl methyl sites for hydroxylation is 1. The van der Waals surface area contributed by atoms with Crippen molar-refractivity contribution in [1.29, 1.82) is 0 Å². The molecule has 1 aliphatic heterocycles. The number of carbonyl (C=O) groups is 1. The fourth-order valence-corrected chi connectivity index (χ4v) is 4.01. The number of para-hydroxylation sites is 2. The van der Waals surface area contributed by atoms with Gasteiger partial charge in [0.25, 0.3) is 5.88 Å². The van der Waals surface area contributed by atoms with E-state index in [4.69, 9.17) is 9.72 Å². The zero-order valence-corrected chi connectivity index (χ0v) is 18.8. The van der Waals surface area contributed by atoms with Crippen molar-refractivity contribution in [1.82, 2.24) is 9.97 Å². The van der Waals surface area contributed by atoms with Crippen molar-refractivity contribution in [2.75, 3.05) is 29.9 Å². The summed E-state index contributed by atoms with van der Waals surface area (Å²) in [7, 11) is 0. The first-order valence-electron chi connectivity index (χ1n) is 10.3. The van der Waals surface area contributed by atoms with Crippen LogP contribution in [-0.2, 0) is 4.79 Å². The van der Waals surface area contributed by atoms with Gasteiger partial charge < -0.3 is 15.0 Å². The molecule has 156 valence electrons. The molecule has 3 aromatic rings. The lowest BCUT2D eigenvalue weighted by atomic mass is 9.97. The van der Waals surface area contributed by atoms with E-state index >= 15 is 0 Å². The number of ether oxygens (including phenoxy) is 1. The summed E-state index contributed by atoms with van der Waals surface area (Å²) < 4.78 is 6.82. The number of fused-ring (bicyclic) bond motifs is 1. The van der Waals surface area contributed by atoms with Gasteiger partial charge in [0.05, 0.1) is 23.6 Å². The Hall–Kier alpha value is -2.67. The molecular weight excluding hydrogens is 444 g/mol. The van der Waals surface area contributed by atoms with Gasteiger partial charge >= 0.3 is 0 Å². The second kappa shape index (κ2) is 9.00. The summed E-state index contributed by atoms with van der Waals surface area (Å²) in [6, 6.07) is 13.6. The zero-order valence-electron chi connectivity index (χ0n) is 17.2. The Labute approximate surface area is 184 Å². The number of benzene rings is 2. The van der Waals surface area contributed by atoms with Crippen molar-refractivity contribution in [3.8, 4) is 5.88 Å². The highest BCUT2D eigenvalue weighted by atomic mass is 79.9. The van der Waals surface area contributed by atoms with Crippen molar-refractivity contribution < 1.29 is 9.53 Å². The number of hydrogen-bond donors (Lipinski definition) is 1. The Bertz CT molecular complexity index is 1070. The van der Waals surface area contributed by atoms with Gasteiger partial charge in [-0.2, -0.15) is 0 Å². The molecule has 0 bridgehead atoms. The third-order valence-electron chi connectivity index (χ3n) is 5.32. The summed E-state index contributed by atoms with van der Waals surface area (Å²) >= 11 is 3.50. The van der Waals surface area contributed by atoms with Gasteiger partial charge in [-0.3, -0.25) is 4.79 Å². The number of piperidine rings is 1. The lowest BCUT2D eigenvalue weighted by Gasteiger charge is -2.33. The SMILES string of the molecule is CCOc1nc2ccccc2nc1N1CCC[C@@H](C(=O)Nc2ccc(Br)c(C)c2)C1. The number of hydrogen-bond acceptors (Lipinski definition) is 5. The fraction of sp³-hybridized carbons (Fsp3) is 0.348. The molecular formula is C23H25BrN4O2.